The van der Waals surface area contributed by atoms with E-state index in [1.807, 2.05) is 60.7 Å². The van der Waals surface area contributed by atoms with Gasteiger partial charge in [0.05, 0.1) is 22.0 Å². The molecule has 0 aliphatic heterocycles. The predicted octanol–water partition coefficient (Wildman–Crippen LogP) is 7.42. The Morgan fingerprint density at radius 3 is 2.12 bits per heavy atom. The molecule has 5 aromatic rings. The first-order chi connectivity index (χ1) is 16.5. The fourth-order valence-corrected chi connectivity index (χ4v) is 4.34. The second-order valence-corrected chi connectivity index (χ2v) is 8.53. The quantitative estimate of drug-likeness (QED) is 0.269. The fourth-order valence-electron chi connectivity index (χ4n) is 3.88. The summed E-state index contributed by atoms with van der Waals surface area (Å²) in [5.74, 6) is -0.204. The molecule has 0 saturated heterocycles. The third kappa shape index (κ3) is 4.10. The summed E-state index contributed by atoms with van der Waals surface area (Å²) in [5, 5.41) is 13.2. The minimum absolute atomic E-state index is 0.204. The van der Waals surface area contributed by atoms with E-state index in [-0.39, 0.29) is 11.4 Å². The van der Waals surface area contributed by atoms with Gasteiger partial charge in [-0.25, -0.2) is 4.57 Å². The summed E-state index contributed by atoms with van der Waals surface area (Å²) in [6.45, 7) is 0. The van der Waals surface area contributed by atoms with Crippen LogP contribution in [0, 0.1) is 0 Å². The van der Waals surface area contributed by atoms with Gasteiger partial charge in [-0.15, -0.1) is 0 Å². The molecule has 1 heterocycles. The van der Waals surface area contributed by atoms with Gasteiger partial charge >= 0.3 is 0 Å². The predicted molar refractivity (Wildman–Crippen MR) is 140 cm³/mol. The average molecular weight is 485 g/mol. The summed E-state index contributed by atoms with van der Waals surface area (Å²) >= 11 is 12.2. The maximum atomic E-state index is 13.3. The highest BCUT2D eigenvalue weighted by atomic mass is 35.5. The lowest BCUT2D eigenvalue weighted by molar-refractivity contribution is 0.436. The van der Waals surface area contributed by atoms with E-state index >= 15 is 0 Å². The smallest absolute Gasteiger partial charge is 0.265 e. The van der Waals surface area contributed by atoms with E-state index in [2.05, 4.69) is 4.99 Å². The third-order valence-electron chi connectivity index (χ3n) is 5.58. The molecule has 34 heavy (non-hydrogen) atoms. The second-order valence-electron chi connectivity index (χ2n) is 7.69. The minimum Gasteiger partial charge on any atom is -0.494 e. The van der Waals surface area contributed by atoms with Crippen molar-refractivity contribution in [2.75, 3.05) is 0 Å². The second kappa shape index (κ2) is 9.18. The number of hydrogen-bond acceptors (Lipinski definition) is 3. The standard InChI is InChI=1S/C28H18Cl2N2O2/c29-20-12-15-26(25(30)16-20)31-17-24-22-8-4-5-9-23(22)27(33)32(28(24)34)21-13-10-19(11-14-21)18-6-2-1-3-7-18/h1-17,34H. The first-order valence-electron chi connectivity index (χ1n) is 10.5. The van der Waals surface area contributed by atoms with Gasteiger partial charge in [-0.3, -0.25) is 9.79 Å². The lowest BCUT2D eigenvalue weighted by Gasteiger charge is -2.14. The number of hydrogen-bond donors (Lipinski definition) is 1. The van der Waals surface area contributed by atoms with Gasteiger partial charge < -0.3 is 5.11 Å². The Labute approximate surface area is 206 Å². The maximum absolute atomic E-state index is 13.3. The number of aromatic hydroxyl groups is 1. The molecule has 0 aliphatic rings. The molecular weight excluding hydrogens is 467 g/mol. The molecule has 0 bridgehead atoms. The molecule has 1 N–H and O–H groups in total. The van der Waals surface area contributed by atoms with Crippen LogP contribution in [0.4, 0.5) is 5.69 Å². The zero-order chi connectivity index (χ0) is 23.7. The van der Waals surface area contributed by atoms with Crippen LogP contribution < -0.4 is 5.56 Å². The molecule has 4 nitrogen and oxygen atoms in total. The number of nitrogens with zero attached hydrogens (tertiary/aromatic N) is 2. The van der Waals surface area contributed by atoms with Crippen LogP contribution in [0.2, 0.25) is 10.0 Å². The van der Waals surface area contributed by atoms with Gasteiger partial charge in [0.1, 0.15) is 0 Å². The number of rotatable bonds is 4. The van der Waals surface area contributed by atoms with Crippen molar-refractivity contribution in [3.05, 3.63) is 123 Å². The van der Waals surface area contributed by atoms with Crippen LogP contribution in [0.5, 0.6) is 5.88 Å². The van der Waals surface area contributed by atoms with Crippen molar-refractivity contribution in [2.24, 2.45) is 4.99 Å². The molecule has 5 rings (SSSR count). The molecule has 0 radical (unpaired) electrons. The lowest BCUT2D eigenvalue weighted by Crippen LogP contribution is -2.20. The number of aromatic nitrogens is 1. The third-order valence-corrected chi connectivity index (χ3v) is 6.12. The molecule has 0 saturated carbocycles. The Morgan fingerprint density at radius 1 is 0.765 bits per heavy atom. The highest BCUT2D eigenvalue weighted by molar-refractivity contribution is 6.36. The van der Waals surface area contributed by atoms with E-state index in [0.717, 1.165) is 11.1 Å². The molecule has 166 valence electrons. The van der Waals surface area contributed by atoms with Crippen molar-refractivity contribution in [3.63, 3.8) is 0 Å². The molecule has 0 atom stereocenters. The number of aliphatic imine (C=N–C) groups is 1. The van der Waals surface area contributed by atoms with Gasteiger partial charge in [0.2, 0.25) is 5.88 Å². The monoisotopic (exact) mass is 484 g/mol. The van der Waals surface area contributed by atoms with Gasteiger partial charge in [0.25, 0.3) is 5.56 Å². The van der Waals surface area contributed by atoms with E-state index in [4.69, 9.17) is 23.2 Å². The van der Waals surface area contributed by atoms with Crippen molar-refractivity contribution < 1.29 is 5.11 Å². The largest absolute Gasteiger partial charge is 0.494 e. The number of fused-ring (bicyclic) bond motifs is 1. The lowest BCUT2D eigenvalue weighted by atomic mass is 10.0. The first kappa shape index (κ1) is 22.0. The van der Waals surface area contributed by atoms with Crippen molar-refractivity contribution >= 4 is 45.9 Å². The normalized spacial score (nSPS) is 11.4. The van der Waals surface area contributed by atoms with Crippen LogP contribution in [0.1, 0.15) is 5.56 Å². The molecule has 0 spiro atoms. The fraction of sp³-hybridized carbons (Fsp3) is 0. The Kier molecular flexibility index (Phi) is 5.93. The Morgan fingerprint density at radius 2 is 1.41 bits per heavy atom. The first-order valence-corrected chi connectivity index (χ1v) is 11.3. The number of halogens is 2. The Hall–Kier alpha value is -3.86. The van der Waals surface area contributed by atoms with Crippen LogP contribution in [0.15, 0.2) is 107 Å². The van der Waals surface area contributed by atoms with Crippen LogP contribution in [0.25, 0.3) is 27.6 Å². The van der Waals surface area contributed by atoms with Gasteiger partial charge in [-0.1, -0.05) is 83.9 Å². The maximum Gasteiger partial charge on any atom is 0.265 e. The van der Waals surface area contributed by atoms with E-state index in [0.29, 0.717) is 37.8 Å². The summed E-state index contributed by atoms with van der Waals surface area (Å²) < 4.78 is 1.29. The van der Waals surface area contributed by atoms with Crippen LogP contribution in [0.3, 0.4) is 0 Å². The number of pyridine rings is 1. The van der Waals surface area contributed by atoms with Crippen molar-refractivity contribution in [1.82, 2.24) is 4.57 Å². The summed E-state index contributed by atoms with van der Waals surface area (Å²) in [7, 11) is 0. The summed E-state index contributed by atoms with van der Waals surface area (Å²) in [5.41, 5.74) is 3.22. The van der Waals surface area contributed by atoms with Crippen molar-refractivity contribution in [3.8, 4) is 22.7 Å². The van der Waals surface area contributed by atoms with Crippen molar-refractivity contribution in [1.29, 1.82) is 0 Å². The molecule has 6 heteroatoms. The Bertz CT molecular complexity index is 1590. The molecule has 4 aromatic carbocycles. The van der Waals surface area contributed by atoms with Crippen LogP contribution in [-0.4, -0.2) is 15.9 Å². The number of benzene rings is 4. The molecule has 1 aromatic heterocycles. The van der Waals surface area contributed by atoms with Crippen LogP contribution >= 0.6 is 23.2 Å². The van der Waals surface area contributed by atoms with Gasteiger partial charge in [0, 0.05) is 22.0 Å². The van der Waals surface area contributed by atoms with E-state index in [1.54, 1.807) is 36.4 Å². The van der Waals surface area contributed by atoms with E-state index in [9.17, 15) is 9.90 Å². The SMILES string of the molecule is O=c1c2ccccc2c(C=Nc2ccc(Cl)cc2Cl)c(O)n1-c1ccc(-c2ccccc2)cc1. The van der Waals surface area contributed by atoms with Crippen LogP contribution in [-0.2, 0) is 0 Å². The zero-order valence-corrected chi connectivity index (χ0v) is 19.3. The topological polar surface area (TPSA) is 54.6 Å². The molecule has 0 unspecified atom stereocenters. The summed E-state index contributed by atoms with van der Waals surface area (Å²) in [4.78, 5) is 17.8. The van der Waals surface area contributed by atoms with E-state index < -0.39 is 0 Å². The minimum atomic E-state index is -0.317. The zero-order valence-electron chi connectivity index (χ0n) is 17.8. The average Bonchev–Trinajstić information content (AvgIpc) is 2.86. The van der Waals surface area contributed by atoms with Gasteiger partial charge in [-0.05, 0) is 47.5 Å². The van der Waals surface area contributed by atoms with Crippen molar-refractivity contribution in [2.45, 2.75) is 0 Å². The highest BCUT2D eigenvalue weighted by Crippen LogP contribution is 2.30. The molecule has 0 amide bonds. The summed E-state index contributed by atoms with van der Waals surface area (Å²) in [6, 6.07) is 29.5. The highest BCUT2D eigenvalue weighted by Gasteiger charge is 2.16. The molecule has 0 aliphatic carbocycles. The van der Waals surface area contributed by atoms with Gasteiger partial charge in [-0.2, -0.15) is 0 Å². The van der Waals surface area contributed by atoms with Gasteiger partial charge in [0.15, 0.2) is 0 Å². The molecular formula is C28H18Cl2N2O2. The summed E-state index contributed by atoms with van der Waals surface area (Å²) in [6.07, 6.45) is 1.51. The van der Waals surface area contributed by atoms with E-state index in [1.165, 1.54) is 10.8 Å². The Balaban J connectivity index is 1.66. The molecule has 0 fully saturated rings.